The molecular weight excluding hydrogens is 264 g/mol. The summed E-state index contributed by atoms with van der Waals surface area (Å²) in [5.41, 5.74) is 6.07. The first-order chi connectivity index (χ1) is 9.85. The van der Waals surface area contributed by atoms with E-state index in [0.717, 1.165) is 25.3 Å². The molecule has 4 nitrogen and oxygen atoms in total. The minimum Gasteiger partial charge on any atom is -0.444 e. The molecule has 2 aliphatic carbocycles. The average Bonchev–Trinajstić information content (AvgIpc) is 2.87. The second-order valence-corrected chi connectivity index (χ2v) is 7.97. The Kier molecular flexibility index (Phi) is 5.18. The van der Waals surface area contributed by atoms with Gasteiger partial charge in [0.1, 0.15) is 5.60 Å². The maximum Gasteiger partial charge on any atom is 0.407 e. The summed E-state index contributed by atoms with van der Waals surface area (Å²) in [6.07, 6.45) is 9.52. The average molecular weight is 296 g/mol. The molecule has 2 saturated carbocycles. The SMILES string of the molecule is CC(C)(C)OC(=O)NC1CCC(C2(CN)CCCC2)CC1. The number of hydrogen-bond acceptors (Lipinski definition) is 3. The van der Waals surface area contributed by atoms with Crippen molar-refractivity contribution in [2.75, 3.05) is 6.54 Å². The van der Waals surface area contributed by atoms with Gasteiger partial charge in [-0.1, -0.05) is 12.8 Å². The van der Waals surface area contributed by atoms with E-state index in [9.17, 15) is 4.79 Å². The Bertz CT molecular complexity index is 348. The van der Waals surface area contributed by atoms with Crippen molar-refractivity contribution in [2.24, 2.45) is 17.1 Å². The third-order valence-electron chi connectivity index (χ3n) is 5.32. The molecule has 0 aromatic carbocycles. The maximum atomic E-state index is 11.8. The Morgan fingerprint density at radius 2 is 1.76 bits per heavy atom. The lowest BCUT2D eigenvalue weighted by atomic mass is 9.67. The summed E-state index contributed by atoms with van der Waals surface area (Å²) < 4.78 is 5.34. The van der Waals surface area contributed by atoms with Crippen molar-refractivity contribution in [2.45, 2.75) is 83.8 Å². The van der Waals surface area contributed by atoms with Crippen LogP contribution in [0.2, 0.25) is 0 Å². The third kappa shape index (κ3) is 4.35. The van der Waals surface area contributed by atoms with E-state index in [1.807, 2.05) is 20.8 Å². The maximum absolute atomic E-state index is 11.8. The summed E-state index contributed by atoms with van der Waals surface area (Å²) in [6.45, 7) is 6.53. The highest BCUT2D eigenvalue weighted by molar-refractivity contribution is 5.68. The Balaban J connectivity index is 1.79. The van der Waals surface area contributed by atoms with Crippen LogP contribution in [0, 0.1) is 11.3 Å². The van der Waals surface area contributed by atoms with Gasteiger partial charge >= 0.3 is 6.09 Å². The van der Waals surface area contributed by atoms with Crippen molar-refractivity contribution >= 4 is 6.09 Å². The fourth-order valence-electron chi connectivity index (χ4n) is 4.18. The highest BCUT2D eigenvalue weighted by Gasteiger charge is 2.41. The Labute approximate surface area is 129 Å². The van der Waals surface area contributed by atoms with Crippen molar-refractivity contribution in [3.63, 3.8) is 0 Å². The molecule has 0 aromatic heterocycles. The molecule has 21 heavy (non-hydrogen) atoms. The number of rotatable bonds is 3. The van der Waals surface area contributed by atoms with Crippen LogP contribution in [0.25, 0.3) is 0 Å². The molecule has 2 rings (SSSR count). The zero-order valence-corrected chi connectivity index (χ0v) is 13.9. The standard InChI is InChI=1S/C17H32N2O2/c1-16(2,3)21-15(20)19-14-8-6-13(7-9-14)17(12-18)10-4-5-11-17/h13-14H,4-12,18H2,1-3H3,(H,19,20). The first-order valence-corrected chi connectivity index (χ1v) is 8.54. The van der Waals surface area contributed by atoms with Gasteiger partial charge in [0.05, 0.1) is 0 Å². The number of carbonyl (C=O) groups is 1. The zero-order valence-electron chi connectivity index (χ0n) is 13.9. The second-order valence-electron chi connectivity index (χ2n) is 7.97. The van der Waals surface area contributed by atoms with Crippen molar-refractivity contribution in [3.8, 4) is 0 Å². The largest absolute Gasteiger partial charge is 0.444 e. The van der Waals surface area contributed by atoms with Gasteiger partial charge in [-0.05, 0) is 77.2 Å². The van der Waals surface area contributed by atoms with Gasteiger partial charge in [0.2, 0.25) is 0 Å². The topological polar surface area (TPSA) is 64.3 Å². The molecule has 0 saturated heterocycles. The Hall–Kier alpha value is -0.770. The van der Waals surface area contributed by atoms with Crippen LogP contribution in [0.3, 0.4) is 0 Å². The molecule has 0 radical (unpaired) electrons. The number of alkyl carbamates (subject to hydrolysis) is 1. The normalized spacial score (nSPS) is 29.1. The van der Waals surface area contributed by atoms with Crippen molar-refractivity contribution < 1.29 is 9.53 Å². The summed E-state index contributed by atoms with van der Waals surface area (Å²) in [5, 5.41) is 3.02. The first kappa shape index (κ1) is 16.6. The monoisotopic (exact) mass is 296 g/mol. The van der Waals surface area contributed by atoms with Gasteiger partial charge in [-0.3, -0.25) is 0 Å². The molecule has 0 spiro atoms. The van der Waals surface area contributed by atoms with E-state index in [0.29, 0.717) is 5.41 Å². The van der Waals surface area contributed by atoms with Crippen molar-refractivity contribution in [3.05, 3.63) is 0 Å². The summed E-state index contributed by atoms with van der Waals surface area (Å²) >= 11 is 0. The van der Waals surface area contributed by atoms with E-state index < -0.39 is 5.60 Å². The zero-order chi connectivity index (χ0) is 15.5. The van der Waals surface area contributed by atoms with E-state index in [-0.39, 0.29) is 12.1 Å². The van der Waals surface area contributed by atoms with Gasteiger partial charge in [0.25, 0.3) is 0 Å². The molecule has 3 N–H and O–H groups in total. The molecule has 0 bridgehead atoms. The molecular formula is C17H32N2O2. The number of ether oxygens (including phenoxy) is 1. The summed E-state index contributed by atoms with van der Waals surface area (Å²) in [7, 11) is 0. The fourth-order valence-corrected chi connectivity index (χ4v) is 4.18. The van der Waals surface area contributed by atoms with Gasteiger partial charge in [0, 0.05) is 6.04 Å². The molecule has 2 fully saturated rings. The lowest BCUT2D eigenvalue weighted by Gasteiger charge is -2.41. The van der Waals surface area contributed by atoms with Crippen LogP contribution in [0.1, 0.15) is 72.1 Å². The van der Waals surface area contributed by atoms with Gasteiger partial charge < -0.3 is 15.8 Å². The van der Waals surface area contributed by atoms with E-state index in [4.69, 9.17) is 10.5 Å². The number of amides is 1. The lowest BCUT2D eigenvalue weighted by molar-refractivity contribution is 0.0465. The van der Waals surface area contributed by atoms with Gasteiger partial charge in [-0.2, -0.15) is 0 Å². The molecule has 0 aromatic rings. The van der Waals surface area contributed by atoms with E-state index >= 15 is 0 Å². The smallest absolute Gasteiger partial charge is 0.407 e. The molecule has 0 aliphatic heterocycles. The molecule has 0 unspecified atom stereocenters. The van der Waals surface area contributed by atoms with Crippen LogP contribution in [-0.4, -0.2) is 24.3 Å². The van der Waals surface area contributed by atoms with Gasteiger partial charge in [-0.15, -0.1) is 0 Å². The minimum atomic E-state index is -0.422. The summed E-state index contributed by atoms with van der Waals surface area (Å²) in [4.78, 5) is 11.8. The molecule has 1 amide bonds. The lowest BCUT2D eigenvalue weighted by Crippen LogP contribution is -2.44. The van der Waals surface area contributed by atoms with Gasteiger partial charge in [-0.25, -0.2) is 4.79 Å². The van der Waals surface area contributed by atoms with Crippen LogP contribution in [0.5, 0.6) is 0 Å². The second kappa shape index (κ2) is 6.55. The summed E-state index contributed by atoms with van der Waals surface area (Å²) in [6, 6.07) is 0.271. The van der Waals surface area contributed by atoms with E-state index in [1.54, 1.807) is 0 Å². The molecule has 0 heterocycles. The van der Waals surface area contributed by atoms with Gasteiger partial charge in [0.15, 0.2) is 0 Å². The number of hydrogen-bond donors (Lipinski definition) is 2. The highest BCUT2D eigenvalue weighted by atomic mass is 16.6. The van der Waals surface area contributed by atoms with Crippen LogP contribution in [0.15, 0.2) is 0 Å². The number of nitrogens with one attached hydrogen (secondary N) is 1. The number of carbonyl (C=O) groups excluding carboxylic acids is 1. The van der Waals surface area contributed by atoms with Crippen LogP contribution >= 0.6 is 0 Å². The fraction of sp³-hybridized carbons (Fsp3) is 0.941. The Morgan fingerprint density at radius 1 is 1.19 bits per heavy atom. The molecule has 122 valence electrons. The highest BCUT2D eigenvalue weighted by Crippen LogP contribution is 2.48. The van der Waals surface area contributed by atoms with Crippen molar-refractivity contribution in [1.82, 2.24) is 5.32 Å². The van der Waals surface area contributed by atoms with Crippen molar-refractivity contribution in [1.29, 1.82) is 0 Å². The number of nitrogens with two attached hydrogens (primary N) is 1. The minimum absolute atomic E-state index is 0.271. The van der Waals surface area contributed by atoms with E-state index in [1.165, 1.54) is 38.5 Å². The Morgan fingerprint density at radius 3 is 2.24 bits per heavy atom. The van der Waals surface area contributed by atoms with Crippen LogP contribution in [0.4, 0.5) is 4.79 Å². The third-order valence-corrected chi connectivity index (χ3v) is 5.32. The predicted molar refractivity (Wildman–Crippen MR) is 85.1 cm³/mol. The first-order valence-electron chi connectivity index (χ1n) is 8.54. The molecule has 4 heteroatoms. The predicted octanol–water partition coefficient (Wildman–Crippen LogP) is 3.59. The van der Waals surface area contributed by atoms with E-state index in [2.05, 4.69) is 5.32 Å². The molecule has 0 atom stereocenters. The van der Waals surface area contributed by atoms with Crippen LogP contribution in [-0.2, 0) is 4.74 Å². The summed E-state index contributed by atoms with van der Waals surface area (Å²) in [5.74, 6) is 0.752. The quantitative estimate of drug-likeness (QED) is 0.836. The molecule has 2 aliphatic rings. The van der Waals surface area contributed by atoms with Crippen LogP contribution < -0.4 is 11.1 Å².